The number of aliphatic hydroxyl groups is 2. The molecule has 25 heavy (non-hydrogen) atoms. The van der Waals surface area contributed by atoms with Crippen LogP contribution in [-0.4, -0.2) is 33.8 Å². The molecule has 3 N–H and O–H groups in total. The first-order valence-corrected chi connectivity index (χ1v) is 8.44. The van der Waals surface area contributed by atoms with E-state index in [1.807, 2.05) is 12.1 Å². The van der Waals surface area contributed by atoms with Gasteiger partial charge in [0.25, 0.3) is 5.69 Å². The van der Waals surface area contributed by atoms with Crippen LogP contribution in [0.5, 0.6) is 0 Å². The van der Waals surface area contributed by atoms with Crippen molar-refractivity contribution in [3.05, 3.63) is 75.3 Å². The average Bonchev–Trinajstić information content (AvgIpc) is 2.65. The van der Waals surface area contributed by atoms with Crippen molar-refractivity contribution in [2.75, 3.05) is 6.61 Å². The van der Waals surface area contributed by atoms with Crippen molar-refractivity contribution in [3.8, 4) is 0 Å². The number of benzene rings is 2. The number of hydrogen-bond acceptors (Lipinski definition) is 5. The first-order chi connectivity index (χ1) is 12.1. The van der Waals surface area contributed by atoms with Crippen molar-refractivity contribution in [1.29, 1.82) is 0 Å². The minimum Gasteiger partial charge on any atom is -0.395 e. The van der Waals surface area contributed by atoms with Gasteiger partial charge in [0, 0.05) is 18.2 Å². The first kappa shape index (κ1) is 17.5. The number of aryl methyl sites for hydroxylation is 1. The molecule has 0 aromatic heterocycles. The number of nitrogens with one attached hydrogen (secondary N) is 1. The lowest BCUT2D eigenvalue weighted by Crippen LogP contribution is -2.46. The summed E-state index contributed by atoms with van der Waals surface area (Å²) in [5.74, 6) is 0. The van der Waals surface area contributed by atoms with Crippen molar-refractivity contribution in [3.63, 3.8) is 0 Å². The van der Waals surface area contributed by atoms with E-state index < -0.39 is 17.1 Å². The van der Waals surface area contributed by atoms with E-state index in [1.54, 1.807) is 0 Å². The monoisotopic (exact) mass is 342 g/mol. The molecule has 1 aliphatic rings. The van der Waals surface area contributed by atoms with Crippen LogP contribution in [0.2, 0.25) is 0 Å². The molecule has 0 amide bonds. The van der Waals surface area contributed by atoms with Crippen LogP contribution in [0.25, 0.3) is 0 Å². The third-order valence-corrected chi connectivity index (χ3v) is 4.82. The van der Waals surface area contributed by atoms with Crippen LogP contribution in [-0.2, 0) is 12.8 Å². The van der Waals surface area contributed by atoms with Crippen LogP contribution in [0.3, 0.4) is 0 Å². The fourth-order valence-electron chi connectivity index (χ4n) is 3.41. The summed E-state index contributed by atoms with van der Waals surface area (Å²) in [6.45, 7) is -0.212. The molecule has 3 rings (SSSR count). The van der Waals surface area contributed by atoms with Gasteiger partial charge in [0.2, 0.25) is 0 Å². The van der Waals surface area contributed by atoms with Gasteiger partial charge in [-0.3, -0.25) is 10.1 Å². The zero-order chi connectivity index (χ0) is 17.8. The third kappa shape index (κ3) is 4.04. The molecule has 0 radical (unpaired) electrons. The number of non-ortho nitro benzene ring substituents is 1. The van der Waals surface area contributed by atoms with Gasteiger partial charge in [-0.2, -0.15) is 0 Å². The summed E-state index contributed by atoms with van der Waals surface area (Å²) in [7, 11) is 0. The van der Waals surface area contributed by atoms with Crippen molar-refractivity contribution in [1.82, 2.24) is 5.32 Å². The maximum absolute atomic E-state index is 10.7. The standard InChI is InChI=1S/C19H22N2O4/c22-12-18(19(23)14-6-9-17(10-7-14)21(24)25)20-16-8-5-13-3-1-2-4-15(13)11-16/h1-4,6-7,9-10,16,18-20,22-23H,5,8,11-12H2/t16-,18-,19-/m0/s1. The maximum Gasteiger partial charge on any atom is 0.269 e. The summed E-state index contributed by atoms with van der Waals surface area (Å²) in [4.78, 5) is 10.3. The van der Waals surface area contributed by atoms with E-state index in [0.29, 0.717) is 5.56 Å². The van der Waals surface area contributed by atoms with E-state index in [9.17, 15) is 20.3 Å². The molecule has 0 saturated heterocycles. The SMILES string of the molecule is O=[N+]([O-])c1ccc([C@H](O)[C@H](CO)N[C@H]2CCc3ccccc3C2)cc1. The van der Waals surface area contributed by atoms with Gasteiger partial charge in [0.05, 0.1) is 23.7 Å². The number of fused-ring (bicyclic) bond motifs is 1. The second kappa shape index (κ2) is 7.74. The smallest absolute Gasteiger partial charge is 0.269 e. The summed E-state index contributed by atoms with van der Waals surface area (Å²) in [5.41, 5.74) is 3.19. The molecule has 0 bridgehead atoms. The molecule has 3 atom stereocenters. The Morgan fingerprint density at radius 1 is 1.16 bits per heavy atom. The van der Waals surface area contributed by atoms with Gasteiger partial charge < -0.3 is 15.5 Å². The quantitative estimate of drug-likeness (QED) is 0.552. The highest BCUT2D eigenvalue weighted by atomic mass is 16.6. The van der Waals surface area contributed by atoms with E-state index in [1.165, 1.54) is 35.4 Å². The molecular formula is C19H22N2O4. The van der Waals surface area contributed by atoms with Crippen LogP contribution in [0.4, 0.5) is 5.69 Å². The summed E-state index contributed by atoms with van der Waals surface area (Å²) < 4.78 is 0. The van der Waals surface area contributed by atoms with Crippen LogP contribution < -0.4 is 5.32 Å². The van der Waals surface area contributed by atoms with Crippen LogP contribution in [0.1, 0.15) is 29.2 Å². The first-order valence-electron chi connectivity index (χ1n) is 8.44. The minimum atomic E-state index is -0.928. The summed E-state index contributed by atoms with van der Waals surface area (Å²) in [6.07, 6.45) is 1.85. The van der Waals surface area contributed by atoms with Crippen molar-refractivity contribution in [2.24, 2.45) is 0 Å². The lowest BCUT2D eigenvalue weighted by atomic mass is 9.87. The zero-order valence-corrected chi connectivity index (χ0v) is 13.8. The van der Waals surface area contributed by atoms with E-state index >= 15 is 0 Å². The third-order valence-electron chi connectivity index (χ3n) is 4.82. The van der Waals surface area contributed by atoms with Crippen LogP contribution >= 0.6 is 0 Å². The highest BCUT2D eigenvalue weighted by Crippen LogP contribution is 2.24. The van der Waals surface area contributed by atoms with Crippen molar-refractivity contribution in [2.45, 2.75) is 37.5 Å². The van der Waals surface area contributed by atoms with Gasteiger partial charge in [0.1, 0.15) is 0 Å². The van der Waals surface area contributed by atoms with Gasteiger partial charge in [-0.05, 0) is 48.1 Å². The van der Waals surface area contributed by atoms with E-state index in [4.69, 9.17) is 0 Å². The summed E-state index contributed by atoms with van der Waals surface area (Å²) in [5, 5.41) is 34.3. The predicted octanol–water partition coefficient (Wildman–Crippen LogP) is 2.14. The maximum atomic E-state index is 10.7. The highest BCUT2D eigenvalue weighted by molar-refractivity contribution is 5.34. The number of nitro benzene ring substituents is 1. The fraction of sp³-hybridized carbons (Fsp3) is 0.368. The number of nitro groups is 1. The average molecular weight is 342 g/mol. The Kier molecular flexibility index (Phi) is 5.43. The molecule has 2 aromatic rings. The lowest BCUT2D eigenvalue weighted by Gasteiger charge is -2.31. The molecule has 0 saturated carbocycles. The molecule has 0 heterocycles. The Hall–Kier alpha value is -2.28. The Morgan fingerprint density at radius 3 is 2.48 bits per heavy atom. The minimum absolute atomic E-state index is 0.0201. The molecule has 0 fully saturated rings. The molecular weight excluding hydrogens is 320 g/mol. The number of rotatable bonds is 6. The number of nitrogens with zero attached hydrogens (tertiary/aromatic N) is 1. The van der Waals surface area contributed by atoms with E-state index in [2.05, 4.69) is 17.4 Å². The second-order valence-electron chi connectivity index (χ2n) is 6.46. The second-order valence-corrected chi connectivity index (χ2v) is 6.46. The Labute approximate surface area is 146 Å². The summed E-state index contributed by atoms with van der Waals surface area (Å²) >= 11 is 0. The molecule has 6 nitrogen and oxygen atoms in total. The largest absolute Gasteiger partial charge is 0.395 e. The highest BCUT2D eigenvalue weighted by Gasteiger charge is 2.26. The van der Waals surface area contributed by atoms with Crippen molar-refractivity contribution >= 4 is 5.69 Å². The van der Waals surface area contributed by atoms with Gasteiger partial charge >= 0.3 is 0 Å². The molecule has 2 aromatic carbocycles. The van der Waals surface area contributed by atoms with Crippen LogP contribution in [0, 0.1) is 10.1 Å². The molecule has 0 aliphatic heterocycles. The topological polar surface area (TPSA) is 95.6 Å². The normalized spacial score (nSPS) is 19.0. The zero-order valence-electron chi connectivity index (χ0n) is 13.8. The van der Waals surface area contributed by atoms with Crippen molar-refractivity contribution < 1.29 is 15.1 Å². The van der Waals surface area contributed by atoms with Gasteiger partial charge in [-0.15, -0.1) is 0 Å². The lowest BCUT2D eigenvalue weighted by molar-refractivity contribution is -0.384. The van der Waals surface area contributed by atoms with Gasteiger partial charge in [-0.25, -0.2) is 0 Å². The Bertz CT molecular complexity index is 732. The van der Waals surface area contributed by atoms with Gasteiger partial charge in [0.15, 0.2) is 0 Å². The van der Waals surface area contributed by atoms with Gasteiger partial charge in [-0.1, -0.05) is 24.3 Å². The molecule has 132 valence electrons. The van der Waals surface area contributed by atoms with E-state index in [0.717, 1.165) is 19.3 Å². The fourth-order valence-corrected chi connectivity index (χ4v) is 3.41. The number of hydrogen-bond donors (Lipinski definition) is 3. The molecule has 0 unspecified atom stereocenters. The van der Waals surface area contributed by atoms with Crippen LogP contribution in [0.15, 0.2) is 48.5 Å². The molecule has 0 spiro atoms. The summed E-state index contributed by atoms with van der Waals surface area (Å²) in [6, 6.07) is 13.8. The number of aliphatic hydroxyl groups excluding tert-OH is 2. The Morgan fingerprint density at radius 2 is 1.84 bits per heavy atom. The molecule has 6 heteroatoms. The predicted molar refractivity (Wildman–Crippen MR) is 94.3 cm³/mol. The Balaban J connectivity index is 1.67. The molecule has 1 aliphatic carbocycles. The van der Waals surface area contributed by atoms with E-state index in [-0.39, 0.29) is 18.3 Å².